The van der Waals surface area contributed by atoms with E-state index >= 15 is 17.6 Å². The molecule has 6 aliphatic heterocycles. The monoisotopic (exact) mass is 1730 g/mol. The quantitative estimate of drug-likeness (QED) is 0.0488. The van der Waals surface area contributed by atoms with Gasteiger partial charge >= 0.3 is 17.1 Å². The summed E-state index contributed by atoms with van der Waals surface area (Å²) < 4.78 is 66.0. The summed E-state index contributed by atoms with van der Waals surface area (Å²) in [6.07, 6.45) is 9.73. The topological polar surface area (TPSA) is 299 Å². The van der Waals surface area contributed by atoms with Gasteiger partial charge in [-0.15, -0.1) is 0 Å². The second kappa shape index (κ2) is 36.2. The number of carbonyl (C=O) groups excluding carboxylic acids is 3. The van der Waals surface area contributed by atoms with Crippen LogP contribution in [0.25, 0.3) is 38.7 Å². The Kier molecular flexibility index (Phi) is 25.2. The van der Waals surface area contributed by atoms with Gasteiger partial charge in [0.05, 0.1) is 70.7 Å². The zero-order chi connectivity index (χ0) is 90.6. The molecule has 0 saturated carbocycles. The van der Waals surface area contributed by atoms with Crippen LogP contribution in [0.1, 0.15) is 152 Å². The van der Waals surface area contributed by atoms with E-state index in [2.05, 4.69) is 79.4 Å². The Morgan fingerprint density at radius 1 is 0.449 bits per heavy atom. The number of aromatic amines is 1. The van der Waals surface area contributed by atoms with Gasteiger partial charge in [0, 0.05) is 153 Å². The summed E-state index contributed by atoms with van der Waals surface area (Å²) in [5.74, 6) is -0.375. The first-order valence-corrected chi connectivity index (χ1v) is 43.2. The van der Waals surface area contributed by atoms with Crippen molar-refractivity contribution >= 4 is 79.7 Å². The average Bonchev–Trinajstić information content (AvgIpc) is 1.11. The van der Waals surface area contributed by atoms with Crippen molar-refractivity contribution in [3.05, 3.63) is 259 Å². The molecule has 4 aromatic carbocycles. The highest BCUT2D eigenvalue weighted by Crippen LogP contribution is 2.43. The van der Waals surface area contributed by atoms with Crippen molar-refractivity contribution in [2.75, 3.05) is 94.0 Å². The number of fused-ring (bicyclic) bond motifs is 5. The fourth-order valence-corrected chi connectivity index (χ4v) is 18.9. The molecule has 11 aromatic rings. The van der Waals surface area contributed by atoms with Crippen LogP contribution in [0.2, 0.25) is 0 Å². The number of piperazine rings is 3. The van der Waals surface area contributed by atoms with Crippen molar-refractivity contribution in [3.63, 3.8) is 0 Å². The molecule has 7 aromatic heterocycles. The van der Waals surface area contributed by atoms with Crippen molar-refractivity contribution in [2.45, 2.75) is 176 Å². The number of nitrogens with two attached hydrogens (primary N) is 1. The number of nitrogen functional groups attached to an aromatic ring is 1. The van der Waals surface area contributed by atoms with Gasteiger partial charge in [0.25, 0.3) is 0 Å². The fourth-order valence-electron chi connectivity index (χ4n) is 18.9. The summed E-state index contributed by atoms with van der Waals surface area (Å²) in [5, 5.41) is 21.2. The average molecular weight is 1730 g/mol. The smallest absolute Gasteiger partial charge is 0.354 e. The van der Waals surface area contributed by atoms with Crippen LogP contribution in [0.5, 0.6) is 5.75 Å². The third-order valence-electron chi connectivity index (χ3n) is 25.2. The number of amides is 3. The van der Waals surface area contributed by atoms with E-state index in [1.165, 1.54) is 74.8 Å². The number of aromatic nitrogens is 11. The van der Waals surface area contributed by atoms with E-state index in [0.717, 1.165) is 49.9 Å². The number of nitrogens with zero attached hydrogens (tertiary/aromatic N) is 19. The molecule has 28 nitrogen and oxygen atoms in total. The van der Waals surface area contributed by atoms with E-state index in [9.17, 15) is 33.9 Å². The number of nitrogens with one attached hydrogen (secondary N) is 1. The van der Waals surface area contributed by atoms with Crippen LogP contribution in [-0.2, 0) is 53.3 Å². The molecule has 0 spiro atoms. The standard InChI is InChI=1S/C34H37FN6O3.C31H35FN8O2.C30H35F2N7O2/c1-6-30(43)39-17-22(5)40(18-21(39)4)33-26-12-14-38(28-16-24(42)15-23-9-7-8-10-25(23)28)19-29(26)41(34(44)37-33)32-27(35)11-13-36-31(32)20(2)3;1-6-26(41)38-15-20(5)39(16-19(38)4)29-22-12-14-37(30-21-9-7-8-10-24(21)35-36-30)17-25(22)40(31(42)34-29)28-23(32)11-13-33-27(28)18(2)3;1-6-25(40)37-14-19(5)38(15-18(37)4)29-20-11-13-36(27-21(31)8-7-9-23(27)33)16-24(20)39(30(41)35-29)28-22(32)10-12-34-26(28)17(2)3/h6-11,13,15-16,20-22,42H,1,12,14,17-19H2,2-5H3;6-11,13,18-20H,1,12,14-17H2,2-5H3,(H,35,36);6-10,12,17-19H,1,11,13-16,33H2,2-5H3/t21-,22+;19-,20+;18-,19+/m111/s1. The summed E-state index contributed by atoms with van der Waals surface area (Å²) in [6.45, 7) is 39.5. The number of hydrogen-bond donors (Lipinski definition) is 3. The normalized spacial score (nSPS) is 18.8. The maximum Gasteiger partial charge on any atom is 0.354 e. The number of hydrogen-bond acceptors (Lipinski definition) is 21. The molecule has 3 amide bonds. The molecular weight excluding hydrogens is 1620 g/mol. The van der Waals surface area contributed by atoms with Crippen molar-refractivity contribution in [1.29, 1.82) is 0 Å². The summed E-state index contributed by atoms with van der Waals surface area (Å²) >= 11 is 0. The number of pyridine rings is 3. The maximum atomic E-state index is 15.7. The van der Waals surface area contributed by atoms with Crippen molar-refractivity contribution in [1.82, 2.24) is 68.5 Å². The molecule has 3 fully saturated rings. The minimum atomic E-state index is -0.652. The van der Waals surface area contributed by atoms with Gasteiger partial charge in [0.1, 0.15) is 46.1 Å². The van der Waals surface area contributed by atoms with Gasteiger partial charge < -0.3 is 54.9 Å². The third-order valence-corrected chi connectivity index (χ3v) is 25.2. The lowest BCUT2D eigenvalue weighted by Crippen LogP contribution is -2.58. The zero-order valence-electron chi connectivity index (χ0n) is 73.6. The highest BCUT2D eigenvalue weighted by atomic mass is 19.1. The van der Waals surface area contributed by atoms with Gasteiger partial charge in [-0.1, -0.05) is 104 Å². The Morgan fingerprint density at radius 3 is 1.23 bits per heavy atom. The summed E-state index contributed by atoms with van der Waals surface area (Å²) in [7, 11) is 0. The minimum absolute atomic E-state index is 0.0500. The summed E-state index contributed by atoms with van der Waals surface area (Å²) in [4.78, 5) is 124. The molecule has 6 atom stereocenters. The number of carbonyl (C=O) groups is 3. The van der Waals surface area contributed by atoms with Crippen molar-refractivity contribution in [2.24, 2.45) is 0 Å². The molecule has 0 bridgehead atoms. The van der Waals surface area contributed by atoms with Gasteiger partial charge in [-0.3, -0.25) is 48.1 Å². The largest absolute Gasteiger partial charge is 0.508 e. The molecule has 127 heavy (non-hydrogen) atoms. The van der Waals surface area contributed by atoms with E-state index in [4.69, 9.17) is 5.73 Å². The summed E-state index contributed by atoms with van der Waals surface area (Å²) in [5.41, 5.74) is 12.7. The number of aromatic hydroxyl groups is 1. The van der Waals surface area contributed by atoms with Crippen molar-refractivity contribution in [3.8, 4) is 22.8 Å². The van der Waals surface area contributed by atoms with Crippen LogP contribution in [0, 0.1) is 23.3 Å². The van der Waals surface area contributed by atoms with Crippen molar-refractivity contribution < 1.29 is 37.1 Å². The number of H-pyrrole nitrogens is 1. The Labute approximate surface area is 733 Å². The van der Waals surface area contributed by atoms with Crippen LogP contribution in [-0.4, -0.2) is 186 Å². The molecule has 6 aliphatic rings. The Morgan fingerprint density at radius 2 is 0.819 bits per heavy atom. The Balaban J connectivity index is 0.000000147. The van der Waals surface area contributed by atoms with Crippen LogP contribution < -0.4 is 52.2 Å². The first-order chi connectivity index (χ1) is 60.8. The van der Waals surface area contributed by atoms with Gasteiger partial charge in [-0.2, -0.15) is 20.1 Å². The first-order valence-electron chi connectivity index (χ1n) is 43.2. The number of phenolic OH excluding ortho intramolecular Hbond substituents is 1. The number of anilines is 7. The zero-order valence-corrected chi connectivity index (χ0v) is 73.6. The van der Waals surface area contributed by atoms with E-state index < -0.39 is 40.3 Å². The Hall–Kier alpha value is -13.6. The maximum absolute atomic E-state index is 15.7. The van der Waals surface area contributed by atoms with E-state index in [-0.39, 0.29) is 119 Å². The molecule has 4 N–H and O–H groups in total. The Bertz CT molecular complexity index is 6330. The number of para-hydroxylation sites is 2. The van der Waals surface area contributed by atoms with Gasteiger partial charge in [-0.25, -0.2) is 31.9 Å². The van der Waals surface area contributed by atoms with Crippen LogP contribution >= 0.6 is 0 Å². The SMILES string of the molecule is C=CC(=O)N1C[C@H](C)N(c2nc(=O)n(-c3c(F)ccnc3C(C)C)c3c2CCN(c2c(N)cccc2F)C3)C[C@H]1C.C=CC(=O)N1C[C@H](C)N(c2nc(=O)n(-c3c(F)ccnc3C(C)C)c3c2CCN(c2cc(O)cc4ccccc24)C3)C[C@H]1C.C=CC(=O)N1C[C@H](C)N(c2nc(=O)n(-c3c(F)ccnc3C(C)C)c3c2CCN(c2n[nH]c4ccccc24)C3)C[C@H]1C. The minimum Gasteiger partial charge on any atom is -0.508 e. The summed E-state index contributed by atoms with van der Waals surface area (Å²) in [6, 6.07) is 26.8. The fraction of sp³-hybridized carbons (Fsp3) is 0.379. The lowest BCUT2D eigenvalue weighted by atomic mass is 9.99. The number of phenols is 1. The van der Waals surface area contributed by atoms with E-state index in [1.54, 1.807) is 43.9 Å². The second-order valence-electron chi connectivity index (χ2n) is 34.6. The highest BCUT2D eigenvalue weighted by molar-refractivity contribution is 5.96. The molecular formula is C95H107F4N21O7. The van der Waals surface area contributed by atoms with Gasteiger partial charge in [0.2, 0.25) is 17.7 Å². The van der Waals surface area contributed by atoms with Crippen LogP contribution in [0.15, 0.2) is 168 Å². The predicted octanol–water partition coefficient (Wildman–Crippen LogP) is 12.6. The molecule has 17 rings (SSSR count). The number of halogens is 4. The molecule has 662 valence electrons. The van der Waals surface area contributed by atoms with Crippen LogP contribution in [0.4, 0.5) is 57.9 Å². The second-order valence-corrected chi connectivity index (χ2v) is 34.6. The molecule has 0 aliphatic carbocycles. The van der Waals surface area contributed by atoms with Gasteiger partial charge in [0.15, 0.2) is 23.3 Å². The van der Waals surface area contributed by atoms with Gasteiger partial charge in [-0.05, 0) is 151 Å². The number of rotatable bonds is 15. The molecule has 32 heteroatoms. The lowest BCUT2D eigenvalue weighted by Gasteiger charge is -2.45. The van der Waals surface area contributed by atoms with Crippen LogP contribution in [0.3, 0.4) is 0 Å². The van der Waals surface area contributed by atoms with E-state index in [1.807, 2.05) is 137 Å². The predicted molar refractivity (Wildman–Crippen MR) is 486 cm³/mol. The lowest BCUT2D eigenvalue weighted by molar-refractivity contribution is -0.129. The molecule has 13 heterocycles. The van der Waals surface area contributed by atoms with E-state index in [0.29, 0.717) is 136 Å². The first kappa shape index (κ1) is 88.3. The third kappa shape index (κ3) is 16.7. The molecule has 0 unspecified atom stereocenters. The number of benzene rings is 4. The molecule has 0 radical (unpaired) electrons. The molecule has 3 saturated heterocycles. The highest BCUT2D eigenvalue weighted by Gasteiger charge is 2.42.